The summed E-state index contributed by atoms with van der Waals surface area (Å²) in [6.45, 7) is 3.81. The van der Waals surface area contributed by atoms with Crippen LogP contribution in [0.25, 0.3) is 0 Å². The summed E-state index contributed by atoms with van der Waals surface area (Å²) in [5.74, 6) is -0.117. The number of carbonyl (C=O) groups is 1. The summed E-state index contributed by atoms with van der Waals surface area (Å²) in [7, 11) is 0. The minimum atomic E-state index is -0.155. The molecule has 0 fully saturated rings. The summed E-state index contributed by atoms with van der Waals surface area (Å²) in [6.07, 6.45) is 0.730. The second-order valence-electron chi connectivity index (χ2n) is 3.58. The Morgan fingerprint density at radius 3 is 2.67 bits per heavy atom. The van der Waals surface area contributed by atoms with Gasteiger partial charge in [-0.2, -0.15) is 0 Å². The zero-order valence-electron chi connectivity index (χ0n) is 9.16. The Labute approximate surface area is 90.1 Å². The highest BCUT2D eigenvalue weighted by molar-refractivity contribution is 5.95. The number of hydrogen-bond donors (Lipinski definition) is 2. The molecule has 15 heavy (non-hydrogen) atoms. The second-order valence-corrected chi connectivity index (χ2v) is 3.58. The summed E-state index contributed by atoms with van der Waals surface area (Å²) in [4.78, 5) is 11.8. The van der Waals surface area contributed by atoms with Gasteiger partial charge in [-0.3, -0.25) is 4.79 Å². The minimum Gasteiger partial charge on any atom is -0.394 e. The van der Waals surface area contributed by atoms with Crippen LogP contribution in [0.3, 0.4) is 0 Å². The molecule has 0 heterocycles. The molecule has 3 nitrogen and oxygen atoms in total. The molecule has 1 amide bonds. The van der Waals surface area contributed by atoms with Gasteiger partial charge in [0, 0.05) is 5.56 Å². The van der Waals surface area contributed by atoms with Crippen LogP contribution in [0.1, 0.15) is 29.3 Å². The molecule has 1 atom stereocenters. The van der Waals surface area contributed by atoms with E-state index < -0.39 is 0 Å². The quantitative estimate of drug-likeness (QED) is 0.786. The first-order chi connectivity index (χ1) is 7.19. The van der Waals surface area contributed by atoms with Gasteiger partial charge in [0.15, 0.2) is 0 Å². The van der Waals surface area contributed by atoms with Crippen LogP contribution in [0.4, 0.5) is 0 Å². The molecular weight excluding hydrogens is 190 g/mol. The predicted octanol–water partition coefficient (Wildman–Crippen LogP) is 1.50. The van der Waals surface area contributed by atoms with Gasteiger partial charge in [0.05, 0.1) is 12.6 Å². The van der Waals surface area contributed by atoms with Crippen molar-refractivity contribution in [1.29, 1.82) is 0 Å². The third kappa shape index (κ3) is 3.06. The van der Waals surface area contributed by atoms with Gasteiger partial charge in [0.2, 0.25) is 0 Å². The summed E-state index contributed by atoms with van der Waals surface area (Å²) < 4.78 is 0. The molecule has 0 radical (unpaired) electrons. The predicted molar refractivity (Wildman–Crippen MR) is 59.8 cm³/mol. The fourth-order valence-electron chi connectivity index (χ4n) is 1.37. The molecule has 1 aromatic rings. The first-order valence-corrected chi connectivity index (χ1v) is 5.16. The topological polar surface area (TPSA) is 49.3 Å². The number of rotatable bonds is 4. The van der Waals surface area contributed by atoms with Crippen molar-refractivity contribution in [2.24, 2.45) is 0 Å². The number of nitrogens with one attached hydrogen (secondary N) is 1. The average molecular weight is 207 g/mol. The van der Waals surface area contributed by atoms with Gasteiger partial charge in [-0.05, 0) is 25.0 Å². The van der Waals surface area contributed by atoms with Crippen molar-refractivity contribution in [3.05, 3.63) is 35.4 Å². The maximum Gasteiger partial charge on any atom is 0.251 e. The second kappa shape index (κ2) is 5.51. The van der Waals surface area contributed by atoms with Crippen LogP contribution < -0.4 is 5.32 Å². The number of benzene rings is 1. The molecule has 1 aromatic carbocycles. The number of aliphatic hydroxyl groups is 1. The molecule has 3 heteroatoms. The molecule has 0 aliphatic heterocycles. The fourth-order valence-corrected chi connectivity index (χ4v) is 1.37. The fraction of sp³-hybridized carbons (Fsp3) is 0.417. The number of aryl methyl sites for hydroxylation is 1. The Hall–Kier alpha value is -1.35. The number of aliphatic hydroxyl groups excluding tert-OH is 1. The van der Waals surface area contributed by atoms with Crippen LogP contribution in [0.15, 0.2) is 24.3 Å². The Kier molecular flexibility index (Phi) is 4.31. The lowest BCUT2D eigenvalue weighted by atomic mass is 10.1. The van der Waals surface area contributed by atoms with Gasteiger partial charge in [-0.1, -0.05) is 25.1 Å². The molecule has 0 aliphatic rings. The highest BCUT2D eigenvalue weighted by atomic mass is 16.3. The third-order valence-electron chi connectivity index (χ3n) is 2.44. The smallest absolute Gasteiger partial charge is 0.251 e. The highest BCUT2D eigenvalue weighted by Gasteiger charge is 2.12. The summed E-state index contributed by atoms with van der Waals surface area (Å²) in [5.41, 5.74) is 1.62. The molecule has 2 N–H and O–H groups in total. The van der Waals surface area contributed by atoms with Crippen LogP contribution in [-0.2, 0) is 0 Å². The lowest BCUT2D eigenvalue weighted by Crippen LogP contribution is -2.37. The molecule has 0 aliphatic carbocycles. The van der Waals surface area contributed by atoms with E-state index in [4.69, 9.17) is 5.11 Å². The summed E-state index contributed by atoms with van der Waals surface area (Å²) >= 11 is 0. The van der Waals surface area contributed by atoms with E-state index in [0.717, 1.165) is 12.0 Å². The van der Waals surface area contributed by atoms with Gasteiger partial charge in [0.25, 0.3) is 5.91 Å². The van der Waals surface area contributed by atoms with Gasteiger partial charge in [0.1, 0.15) is 0 Å². The van der Waals surface area contributed by atoms with Crippen molar-refractivity contribution < 1.29 is 9.90 Å². The van der Waals surface area contributed by atoms with E-state index in [1.807, 2.05) is 32.0 Å². The van der Waals surface area contributed by atoms with E-state index in [0.29, 0.717) is 5.56 Å². The molecule has 0 bridgehead atoms. The zero-order chi connectivity index (χ0) is 11.3. The summed E-state index contributed by atoms with van der Waals surface area (Å²) in [5, 5.41) is 11.8. The van der Waals surface area contributed by atoms with Crippen LogP contribution in [0.2, 0.25) is 0 Å². The van der Waals surface area contributed by atoms with Gasteiger partial charge < -0.3 is 10.4 Å². The molecule has 0 saturated carbocycles. The maximum absolute atomic E-state index is 11.8. The van der Waals surface area contributed by atoms with Crippen molar-refractivity contribution in [2.75, 3.05) is 6.61 Å². The van der Waals surface area contributed by atoms with E-state index in [1.54, 1.807) is 6.07 Å². The van der Waals surface area contributed by atoms with Crippen molar-refractivity contribution in [2.45, 2.75) is 26.3 Å². The van der Waals surface area contributed by atoms with Gasteiger partial charge in [-0.25, -0.2) is 0 Å². The van der Waals surface area contributed by atoms with E-state index >= 15 is 0 Å². The maximum atomic E-state index is 11.8. The number of amides is 1. The Morgan fingerprint density at radius 2 is 2.13 bits per heavy atom. The van der Waals surface area contributed by atoms with Crippen molar-refractivity contribution in [3.8, 4) is 0 Å². The van der Waals surface area contributed by atoms with Crippen LogP contribution in [0, 0.1) is 6.92 Å². The SMILES string of the molecule is CC[C@@H](CO)NC(=O)c1ccccc1C. The van der Waals surface area contributed by atoms with E-state index in [-0.39, 0.29) is 18.6 Å². The third-order valence-corrected chi connectivity index (χ3v) is 2.44. The molecule has 0 aromatic heterocycles. The first-order valence-electron chi connectivity index (χ1n) is 5.16. The molecule has 82 valence electrons. The standard InChI is InChI=1S/C12H17NO2/c1-3-10(8-14)13-12(15)11-7-5-4-6-9(11)2/h4-7,10,14H,3,8H2,1-2H3,(H,13,15)/t10-/m0/s1. The van der Waals surface area contributed by atoms with Crippen LogP contribution in [0.5, 0.6) is 0 Å². The minimum absolute atomic E-state index is 0.0197. The molecule has 1 rings (SSSR count). The molecule has 0 spiro atoms. The Bertz CT molecular complexity index is 332. The average Bonchev–Trinajstić information content (AvgIpc) is 2.26. The number of hydrogen-bond acceptors (Lipinski definition) is 2. The molecular formula is C12H17NO2. The zero-order valence-corrected chi connectivity index (χ0v) is 9.16. The highest BCUT2D eigenvalue weighted by Crippen LogP contribution is 2.07. The van der Waals surface area contributed by atoms with E-state index in [2.05, 4.69) is 5.32 Å². The Balaban J connectivity index is 2.73. The number of carbonyl (C=O) groups excluding carboxylic acids is 1. The van der Waals surface area contributed by atoms with Crippen molar-refractivity contribution >= 4 is 5.91 Å². The molecule has 0 saturated heterocycles. The monoisotopic (exact) mass is 207 g/mol. The van der Waals surface area contributed by atoms with Crippen molar-refractivity contribution in [3.63, 3.8) is 0 Å². The Morgan fingerprint density at radius 1 is 1.47 bits per heavy atom. The molecule has 0 unspecified atom stereocenters. The lowest BCUT2D eigenvalue weighted by molar-refractivity contribution is 0.0914. The normalized spacial score (nSPS) is 12.2. The first kappa shape index (κ1) is 11.7. The largest absolute Gasteiger partial charge is 0.394 e. The summed E-state index contributed by atoms with van der Waals surface area (Å²) in [6, 6.07) is 7.26. The van der Waals surface area contributed by atoms with Crippen LogP contribution in [-0.4, -0.2) is 23.7 Å². The van der Waals surface area contributed by atoms with Crippen LogP contribution >= 0.6 is 0 Å². The van der Waals surface area contributed by atoms with E-state index in [1.165, 1.54) is 0 Å². The van der Waals surface area contributed by atoms with Gasteiger partial charge >= 0.3 is 0 Å². The van der Waals surface area contributed by atoms with E-state index in [9.17, 15) is 4.79 Å². The lowest BCUT2D eigenvalue weighted by Gasteiger charge is -2.14. The van der Waals surface area contributed by atoms with Crippen molar-refractivity contribution in [1.82, 2.24) is 5.32 Å². The van der Waals surface area contributed by atoms with Gasteiger partial charge in [-0.15, -0.1) is 0 Å².